The van der Waals surface area contributed by atoms with Gasteiger partial charge in [-0.15, -0.1) is 11.3 Å². The molecule has 29 heavy (non-hydrogen) atoms. The fourth-order valence-electron chi connectivity index (χ4n) is 4.04. The van der Waals surface area contributed by atoms with Crippen LogP contribution in [0.1, 0.15) is 36.6 Å². The highest BCUT2D eigenvalue weighted by Crippen LogP contribution is 2.31. The molecule has 8 heteroatoms. The molecular formula is C21H27N3O3S2. The molecule has 0 spiro atoms. The van der Waals surface area contributed by atoms with Crippen molar-refractivity contribution in [2.24, 2.45) is 0 Å². The zero-order valence-corrected chi connectivity index (χ0v) is 18.3. The van der Waals surface area contributed by atoms with Crippen LogP contribution in [0.4, 0.5) is 11.4 Å². The molecule has 0 atom stereocenters. The number of piperidine rings is 1. The minimum Gasteiger partial charge on any atom is -0.371 e. The number of nitrogens with one attached hydrogen (secondary N) is 1. The van der Waals surface area contributed by atoms with Gasteiger partial charge < -0.3 is 10.2 Å². The second kappa shape index (κ2) is 8.45. The lowest BCUT2D eigenvalue weighted by atomic mass is 10.1. The third-order valence-corrected chi connectivity index (χ3v) is 9.07. The molecule has 2 aliphatic rings. The molecule has 1 fully saturated rings. The number of sulfonamides is 1. The standard InChI is InChI=1S/C21H27N3O3S2/c1-2-23-13-10-16-6-7-17(14-19(16)23)22-20(25)15-18-8-9-21(28-18)29(26,27)24-11-4-3-5-12-24/h6-9,14H,2-5,10-13,15H2,1H3,(H,22,25). The summed E-state index contributed by atoms with van der Waals surface area (Å²) in [5.74, 6) is -0.130. The summed E-state index contributed by atoms with van der Waals surface area (Å²) in [6, 6.07) is 9.43. The van der Waals surface area contributed by atoms with Gasteiger partial charge >= 0.3 is 0 Å². The second-order valence-electron chi connectivity index (χ2n) is 7.58. The number of benzene rings is 1. The van der Waals surface area contributed by atoms with Crippen LogP contribution < -0.4 is 10.2 Å². The van der Waals surface area contributed by atoms with Gasteiger partial charge in [-0.1, -0.05) is 12.5 Å². The Morgan fingerprint density at radius 2 is 1.90 bits per heavy atom. The zero-order valence-electron chi connectivity index (χ0n) is 16.7. The maximum atomic E-state index is 12.8. The Kier molecular flexibility index (Phi) is 5.94. The molecule has 0 radical (unpaired) electrons. The molecule has 1 amide bonds. The van der Waals surface area contributed by atoms with Crippen LogP contribution in [0.2, 0.25) is 0 Å². The van der Waals surface area contributed by atoms with Crippen LogP contribution in [0.15, 0.2) is 34.5 Å². The smallest absolute Gasteiger partial charge is 0.252 e. The minimum atomic E-state index is -3.44. The predicted molar refractivity (Wildman–Crippen MR) is 117 cm³/mol. The van der Waals surface area contributed by atoms with E-state index in [0.29, 0.717) is 17.3 Å². The van der Waals surface area contributed by atoms with E-state index < -0.39 is 10.0 Å². The molecule has 0 unspecified atom stereocenters. The fraction of sp³-hybridized carbons (Fsp3) is 0.476. The monoisotopic (exact) mass is 433 g/mol. The number of likely N-dealkylation sites (N-methyl/N-ethyl adjacent to an activating group) is 1. The number of nitrogens with zero attached hydrogens (tertiary/aromatic N) is 2. The van der Waals surface area contributed by atoms with Crippen molar-refractivity contribution in [1.82, 2.24) is 4.31 Å². The quantitative estimate of drug-likeness (QED) is 0.757. The van der Waals surface area contributed by atoms with Crippen molar-refractivity contribution in [1.29, 1.82) is 0 Å². The average molecular weight is 434 g/mol. The van der Waals surface area contributed by atoms with Crippen LogP contribution in [0.3, 0.4) is 0 Å². The second-order valence-corrected chi connectivity index (χ2v) is 10.9. The lowest BCUT2D eigenvalue weighted by Gasteiger charge is -2.25. The number of hydrogen-bond donors (Lipinski definition) is 1. The van der Waals surface area contributed by atoms with Crippen LogP contribution in [0.5, 0.6) is 0 Å². The van der Waals surface area contributed by atoms with Gasteiger partial charge in [0.05, 0.1) is 6.42 Å². The van der Waals surface area contributed by atoms with Crippen LogP contribution in [-0.2, 0) is 27.7 Å². The first-order valence-electron chi connectivity index (χ1n) is 10.2. The molecule has 1 saturated heterocycles. The number of fused-ring (bicyclic) bond motifs is 1. The number of thiophene rings is 1. The summed E-state index contributed by atoms with van der Waals surface area (Å²) >= 11 is 1.20. The molecule has 1 N–H and O–H groups in total. The first-order chi connectivity index (χ1) is 14.0. The van der Waals surface area contributed by atoms with E-state index in [1.54, 1.807) is 16.4 Å². The van der Waals surface area contributed by atoms with E-state index in [1.165, 1.54) is 22.6 Å². The van der Waals surface area contributed by atoms with Crippen molar-refractivity contribution >= 4 is 38.6 Å². The van der Waals surface area contributed by atoms with Gasteiger partial charge in [0.2, 0.25) is 5.91 Å². The Bertz CT molecular complexity index is 994. The van der Waals surface area contributed by atoms with Crippen molar-refractivity contribution in [2.75, 3.05) is 36.4 Å². The van der Waals surface area contributed by atoms with Gasteiger partial charge in [-0.05, 0) is 56.0 Å². The SMILES string of the molecule is CCN1CCc2ccc(NC(=O)Cc3ccc(S(=O)(=O)N4CCCCC4)s3)cc21. The lowest BCUT2D eigenvalue weighted by Crippen LogP contribution is -2.35. The van der Waals surface area contributed by atoms with E-state index in [4.69, 9.17) is 0 Å². The van der Waals surface area contributed by atoms with E-state index in [0.717, 1.165) is 49.3 Å². The maximum Gasteiger partial charge on any atom is 0.252 e. The molecule has 0 saturated carbocycles. The highest BCUT2D eigenvalue weighted by atomic mass is 32.2. The third kappa shape index (κ3) is 4.34. The van der Waals surface area contributed by atoms with E-state index in [-0.39, 0.29) is 12.3 Å². The summed E-state index contributed by atoms with van der Waals surface area (Å²) in [6.45, 7) is 5.28. The van der Waals surface area contributed by atoms with Crippen molar-refractivity contribution < 1.29 is 13.2 Å². The lowest BCUT2D eigenvalue weighted by molar-refractivity contribution is -0.115. The molecular weight excluding hydrogens is 406 g/mol. The Labute approximate surface area is 176 Å². The Morgan fingerprint density at radius 1 is 1.10 bits per heavy atom. The highest BCUT2D eigenvalue weighted by molar-refractivity contribution is 7.91. The number of amides is 1. The average Bonchev–Trinajstić information content (AvgIpc) is 3.35. The fourth-order valence-corrected chi connectivity index (χ4v) is 7.07. The molecule has 4 rings (SSSR count). The summed E-state index contributed by atoms with van der Waals surface area (Å²) in [7, 11) is -3.44. The van der Waals surface area contributed by atoms with Crippen LogP contribution in [-0.4, -0.2) is 44.8 Å². The zero-order chi connectivity index (χ0) is 20.4. The number of carbonyl (C=O) groups excluding carboxylic acids is 1. The van der Waals surface area contributed by atoms with Gasteiger partial charge in [0.1, 0.15) is 4.21 Å². The number of rotatable bonds is 6. The van der Waals surface area contributed by atoms with Crippen molar-refractivity contribution in [3.63, 3.8) is 0 Å². The summed E-state index contributed by atoms with van der Waals surface area (Å²) in [4.78, 5) is 15.6. The van der Waals surface area contributed by atoms with Gasteiger partial charge in [-0.3, -0.25) is 4.79 Å². The summed E-state index contributed by atoms with van der Waals surface area (Å²) in [5, 5.41) is 2.96. The molecule has 0 aliphatic carbocycles. The molecule has 0 bridgehead atoms. The third-order valence-electron chi connectivity index (χ3n) is 5.62. The largest absolute Gasteiger partial charge is 0.371 e. The predicted octanol–water partition coefficient (Wildman–Crippen LogP) is 3.49. The maximum absolute atomic E-state index is 12.8. The Hall–Kier alpha value is -1.90. The first-order valence-corrected chi connectivity index (χ1v) is 12.5. The van der Waals surface area contributed by atoms with Crippen molar-refractivity contribution in [3.8, 4) is 0 Å². The molecule has 2 aromatic rings. The van der Waals surface area contributed by atoms with Gasteiger partial charge in [0.15, 0.2) is 0 Å². The molecule has 156 valence electrons. The molecule has 1 aromatic carbocycles. The van der Waals surface area contributed by atoms with Crippen molar-refractivity contribution in [2.45, 2.75) is 43.2 Å². The minimum absolute atomic E-state index is 0.130. The van der Waals surface area contributed by atoms with E-state index in [9.17, 15) is 13.2 Å². The molecule has 1 aromatic heterocycles. The Balaban J connectivity index is 1.41. The molecule has 6 nitrogen and oxygen atoms in total. The topological polar surface area (TPSA) is 69.7 Å². The van der Waals surface area contributed by atoms with Gasteiger partial charge in [-0.2, -0.15) is 4.31 Å². The Morgan fingerprint density at radius 3 is 2.66 bits per heavy atom. The summed E-state index contributed by atoms with van der Waals surface area (Å²) in [6.07, 6.45) is 4.13. The van der Waals surface area contributed by atoms with Gasteiger partial charge in [0, 0.05) is 42.4 Å². The molecule has 2 aliphatic heterocycles. The summed E-state index contributed by atoms with van der Waals surface area (Å²) in [5.41, 5.74) is 3.29. The summed E-state index contributed by atoms with van der Waals surface area (Å²) < 4.78 is 27.4. The van der Waals surface area contributed by atoms with E-state index in [1.807, 2.05) is 12.1 Å². The van der Waals surface area contributed by atoms with Crippen molar-refractivity contribution in [3.05, 3.63) is 40.8 Å². The van der Waals surface area contributed by atoms with Crippen LogP contribution in [0, 0.1) is 0 Å². The van der Waals surface area contributed by atoms with Crippen LogP contribution in [0.25, 0.3) is 0 Å². The van der Waals surface area contributed by atoms with E-state index >= 15 is 0 Å². The van der Waals surface area contributed by atoms with E-state index in [2.05, 4.69) is 23.2 Å². The normalized spacial score (nSPS) is 17.3. The number of hydrogen-bond acceptors (Lipinski definition) is 5. The first kappa shape index (κ1) is 20.4. The number of carbonyl (C=O) groups is 1. The molecule has 3 heterocycles. The van der Waals surface area contributed by atoms with Crippen LogP contribution >= 0.6 is 11.3 Å². The van der Waals surface area contributed by atoms with Gasteiger partial charge in [0.25, 0.3) is 10.0 Å². The van der Waals surface area contributed by atoms with Gasteiger partial charge in [-0.25, -0.2) is 8.42 Å². The number of anilines is 2. The highest BCUT2D eigenvalue weighted by Gasteiger charge is 2.27.